The van der Waals surface area contributed by atoms with Gasteiger partial charge in [-0.05, 0) is 41.3 Å². The van der Waals surface area contributed by atoms with E-state index in [0.29, 0.717) is 11.6 Å². The van der Waals surface area contributed by atoms with E-state index in [1.807, 2.05) is 48.5 Å². The third kappa shape index (κ3) is 4.74. The van der Waals surface area contributed by atoms with Crippen molar-refractivity contribution in [3.63, 3.8) is 0 Å². The summed E-state index contributed by atoms with van der Waals surface area (Å²) in [5.41, 5.74) is 2.97. The first-order chi connectivity index (χ1) is 10.7. The van der Waals surface area contributed by atoms with E-state index in [2.05, 4.69) is 6.92 Å². The fourth-order valence-corrected chi connectivity index (χ4v) is 2.19. The zero-order valence-corrected chi connectivity index (χ0v) is 13.3. The van der Waals surface area contributed by atoms with E-state index in [-0.39, 0.29) is 5.97 Å². The number of carbonyl (C=O) groups excluding carboxylic acids is 1. The van der Waals surface area contributed by atoms with Gasteiger partial charge < -0.3 is 4.74 Å². The minimum absolute atomic E-state index is 0.338. The summed E-state index contributed by atoms with van der Waals surface area (Å²) in [6.45, 7) is 2.51. The number of halogens is 1. The third-order valence-electron chi connectivity index (χ3n) is 3.24. The Labute approximate surface area is 136 Å². The Morgan fingerprint density at radius 1 is 1.14 bits per heavy atom. The van der Waals surface area contributed by atoms with Gasteiger partial charge in [0.25, 0.3) is 0 Å². The molecule has 0 atom stereocenters. The SMILES string of the molecule is CCCCOC(=O)/C=C/c1cc(-c2ccccc2)ccc1Cl. The number of ether oxygens (including phenoxy) is 1. The molecule has 0 amide bonds. The average Bonchev–Trinajstić information content (AvgIpc) is 2.55. The van der Waals surface area contributed by atoms with Crippen LogP contribution in [-0.4, -0.2) is 12.6 Å². The van der Waals surface area contributed by atoms with Crippen molar-refractivity contribution in [3.8, 4) is 11.1 Å². The molecule has 0 N–H and O–H groups in total. The third-order valence-corrected chi connectivity index (χ3v) is 3.59. The molecule has 0 unspecified atom stereocenters. The van der Waals surface area contributed by atoms with Crippen molar-refractivity contribution < 1.29 is 9.53 Å². The van der Waals surface area contributed by atoms with Crippen LogP contribution in [0.3, 0.4) is 0 Å². The van der Waals surface area contributed by atoms with Gasteiger partial charge in [0.15, 0.2) is 0 Å². The van der Waals surface area contributed by atoms with Crippen LogP contribution in [-0.2, 0) is 9.53 Å². The monoisotopic (exact) mass is 314 g/mol. The van der Waals surface area contributed by atoms with Gasteiger partial charge in [-0.1, -0.05) is 61.3 Å². The molecule has 0 saturated carbocycles. The number of hydrogen-bond acceptors (Lipinski definition) is 2. The Balaban J connectivity index is 2.12. The number of rotatable bonds is 6. The normalized spacial score (nSPS) is 10.8. The first-order valence-electron chi connectivity index (χ1n) is 7.40. The number of hydrogen-bond donors (Lipinski definition) is 0. The second-order valence-corrected chi connectivity index (χ2v) is 5.36. The maximum Gasteiger partial charge on any atom is 0.330 e. The highest BCUT2D eigenvalue weighted by molar-refractivity contribution is 6.32. The van der Waals surface area contributed by atoms with E-state index in [9.17, 15) is 4.79 Å². The molecular formula is C19H19ClO2. The predicted molar refractivity (Wildman–Crippen MR) is 91.8 cm³/mol. The van der Waals surface area contributed by atoms with Crippen molar-refractivity contribution in [1.29, 1.82) is 0 Å². The topological polar surface area (TPSA) is 26.3 Å². The Morgan fingerprint density at radius 2 is 1.91 bits per heavy atom. The van der Waals surface area contributed by atoms with Crippen molar-refractivity contribution in [2.24, 2.45) is 0 Å². The lowest BCUT2D eigenvalue weighted by Crippen LogP contribution is -2.01. The van der Waals surface area contributed by atoms with Crippen LogP contribution in [0.1, 0.15) is 25.3 Å². The summed E-state index contributed by atoms with van der Waals surface area (Å²) in [6.07, 6.45) is 5.00. The van der Waals surface area contributed by atoms with Gasteiger partial charge in [-0.25, -0.2) is 4.79 Å². The lowest BCUT2D eigenvalue weighted by atomic mass is 10.0. The zero-order valence-electron chi connectivity index (χ0n) is 12.6. The van der Waals surface area contributed by atoms with E-state index in [0.717, 1.165) is 29.5 Å². The molecule has 114 valence electrons. The Hall–Kier alpha value is -2.06. The molecule has 22 heavy (non-hydrogen) atoms. The molecule has 0 saturated heterocycles. The van der Waals surface area contributed by atoms with Gasteiger partial charge in [0.05, 0.1) is 6.61 Å². The second kappa shape index (κ2) is 8.40. The summed E-state index contributed by atoms with van der Waals surface area (Å²) in [5.74, 6) is -0.338. The van der Waals surface area contributed by atoms with Crippen LogP contribution in [0.4, 0.5) is 0 Å². The maximum absolute atomic E-state index is 11.6. The zero-order chi connectivity index (χ0) is 15.8. The summed E-state index contributed by atoms with van der Waals surface area (Å²) >= 11 is 6.19. The second-order valence-electron chi connectivity index (χ2n) is 4.96. The predicted octanol–water partition coefficient (Wildman–Crippen LogP) is 5.36. The lowest BCUT2D eigenvalue weighted by molar-refractivity contribution is -0.137. The molecular weight excluding hydrogens is 296 g/mol. The molecule has 2 aromatic carbocycles. The molecule has 2 aromatic rings. The van der Waals surface area contributed by atoms with Crippen molar-refractivity contribution >= 4 is 23.6 Å². The molecule has 0 radical (unpaired) electrons. The summed E-state index contributed by atoms with van der Waals surface area (Å²) in [5, 5.41) is 0.609. The largest absolute Gasteiger partial charge is 0.463 e. The molecule has 2 rings (SSSR count). The van der Waals surface area contributed by atoms with Crippen LogP contribution in [0.15, 0.2) is 54.6 Å². The van der Waals surface area contributed by atoms with Crippen molar-refractivity contribution in [1.82, 2.24) is 0 Å². The van der Waals surface area contributed by atoms with Gasteiger partial charge >= 0.3 is 5.97 Å². The number of esters is 1. The molecule has 0 aromatic heterocycles. The van der Waals surface area contributed by atoms with Gasteiger partial charge in [-0.3, -0.25) is 0 Å². The number of unbranched alkanes of at least 4 members (excludes halogenated alkanes) is 1. The van der Waals surface area contributed by atoms with E-state index in [1.165, 1.54) is 6.08 Å². The fraction of sp³-hybridized carbons (Fsp3) is 0.211. The molecule has 3 heteroatoms. The first kappa shape index (κ1) is 16.3. The first-order valence-corrected chi connectivity index (χ1v) is 7.78. The average molecular weight is 315 g/mol. The minimum atomic E-state index is -0.338. The van der Waals surface area contributed by atoms with E-state index in [4.69, 9.17) is 16.3 Å². The number of benzene rings is 2. The van der Waals surface area contributed by atoms with Gasteiger partial charge in [-0.2, -0.15) is 0 Å². The summed E-state index contributed by atoms with van der Waals surface area (Å²) in [6, 6.07) is 15.8. The maximum atomic E-state index is 11.6. The number of carbonyl (C=O) groups is 1. The van der Waals surface area contributed by atoms with Gasteiger partial charge in [0.1, 0.15) is 0 Å². The Bertz CT molecular complexity index is 648. The molecule has 0 aliphatic rings. The highest BCUT2D eigenvalue weighted by atomic mass is 35.5. The van der Waals surface area contributed by atoms with Crippen molar-refractivity contribution in [3.05, 3.63) is 65.2 Å². The Kier molecular flexibility index (Phi) is 6.23. The van der Waals surface area contributed by atoms with Crippen LogP contribution in [0.5, 0.6) is 0 Å². The fourth-order valence-electron chi connectivity index (χ4n) is 2.00. The van der Waals surface area contributed by atoms with Gasteiger partial charge in [0, 0.05) is 11.1 Å². The highest BCUT2D eigenvalue weighted by Crippen LogP contribution is 2.26. The van der Waals surface area contributed by atoms with E-state index < -0.39 is 0 Å². The molecule has 2 nitrogen and oxygen atoms in total. The summed E-state index contributed by atoms with van der Waals surface area (Å²) < 4.78 is 5.09. The lowest BCUT2D eigenvalue weighted by Gasteiger charge is -2.05. The molecule has 0 fully saturated rings. The van der Waals surface area contributed by atoms with Crippen LogP contribution in [0, 0.1) is 0 Å². The molecule has 0 spiro atoms. The van der Waals surface area contributed by atoms with Crippen molar-refractivity contribution in [2.45, 2.75) is 19.8 Å². The van der Waals surface area contributed by atoms with E-state index >= 15 is 0 Å². The Morgan fingerprint density at radius 3 is 2.64 bits per heavy atom. The standard InChI is InChI=1S/C19H19ClO2/c1-2-3-13-22-19(21)12-10-17-14-16(9-11-18(17)20)15-7-5-4-6-8-15/h4-12,14H,2-3,13H2,1H3/b12-10+. The quantitative estimate of drug-likeness (QED) is 0.407. The van der Waals surface area contributed by atoms with Gasteiger partial charge in [0.2, 0.25) is 0 Å². The summed E-state index contributed by atoms with van der Waals surface area (Å²) in [4.78, 5) is 11.6. The van der Waals surface area contributed by atoms with Crippen LogP contribution in [0.2, 0.25) is 5.02 Å². The molecule has 0 heterocycles. The van der Waals surface area contributed by atoms with E-state index in [1.54, 1.807) is 6.08 Å². The molecule has 0 aliphatic heterocycles. The van der Waals surface area contributed by atoms with Crippen LogP contribution < -0.4 is 0 Å². The van der Waals surface area contributed by atoms with Gasteiger partial charge in [-0.15, -0.1) is 0 Å². The highest BCUT2D eigenvalue weighted by Gasteiger charge is 2.03. The minimum Gasteiger partial charge on any atom is -0.463 e. The molecule has 0 bridgehead atoms. The molecule has 0 aliphatic carbocycles. The van der Waals surface area contributed by atoms with Crippen LogP contribution >= 0.6 is 11.6 Å². The summed E-state index contributed by atoms with van der Waals surface area (Å²) in [7, 11) is 0. The smallest absolute Gasteiger partial charge is 0.330 e. The van der Waals surface area contributed by atoms with Crippen molar-refractivity contribution in [2.75, 3.05) is 6.61 Å². The van der Waals surface area contributed by atoms with Crippen LogP contribution in [0.25, 0.3) is 17.2 Å².